The van der Waals surface area contributed by atoms with Gasteiger partial charge in [-0.25, -0.2) is 0 Å². The summed E-state index contributed by atoms with van der Waals surface area (Å²) in [6.07, 6.45) is 2.56. The van der Waals surface area contributed by atoms with Gasteiger partial charge < -0.3 is 9.90 Å². The molecule has 95 valence electrons. The topological polar surface area (TPSA) is 31.5 Å². The van der Waals surface area contributed by atoms with E-state index in [1.54, 1.807) is 0 Å². The van der Waals surface area contributed by atoms with E-state index in [1.165, 1.54) is 12.8 Å². The second kappa shape index (κ2) is 10.8. The van der Waals surface area contributed by atoms with Crippen LogP contribution in [-0.2, 0) is 17.5 Å². The Morgan fingerprint density at radius 3 is 1.20 bits per heavy atom. The van der Waals surface area contributed by atoms with E-state index in [-0.39, 0.29) is 0 Å². The fourth-order valence-electron chi connectivity index (χ4n) is 0.510. The van der Waals surface area contributed by atoms with Gasteiger partial charge in [-0.2, -0.15) is 0 Å². The fraction of sp³-hybridized carbons (Fsp3) is 1.00. The molecular weight excluding hydrogens is 538 g/mol. The van der Waals surface area contributed by atoms with Crippen LogP contribution in [0.15, 0.2) is 0 Å². The Hall–Kier alpha value is 2.96. The minimum absolute atomic E-state index is 1.00. The molecule has 2 nitrogen and oxygen atoms in total. The van der Waals surface area contributed by atoms with Gasteiger partial charge in [0.15, 0.2) is 0 Å². The van der Waals surface area contributed by atoms with E-state index in [0.29, 0.717) is 0 Å². The molecule has 0 aliphatic carbocycles. The molecule has 0 unspecified atom stereocenters. The second-order valence-electron chi connectivity index (χ2n) is 2.12. The van der Waals surface area contributed by atoms with E-state index >= 15 is 0 Å². The molecule has 0 spiro atoms. The summed E-state index contributed by atoms with van der Waals surface area (Å²) in [6, 6.07) is 0. The Bertz CT molecular complexity index is 168. The van der Waals surface area contributed by atoms with Crippen LogP contribution in [0.25, 0.3) is 5.16 Å². The van der Waals surface area contributed by atoms with Crippen LogP contribution in [0.4, 0.5) is 0 Å². The quantitative estimate of drug-likeness (QED) is 0.309. The molecule has 0 bridgehead atoms. The molecule has 0 aromatic heterocycles. The molecule has 1 aliphatic rings. The van der Waals surface area contributed by atoms with Gasteiger partial charge in [0.05, 0.1) is 0 Å². The molecule has 0 aromatic carbocycles. The standard InChI is InChI=1S/C4H8O.Cl3NP.4ClH.Ta/c1-2-4-5-3-1;1-5(2,3)4;;;;;/h1-4H2;;4*1H;/q;-1;;;;;+4/p-4. The molecule has 1 aliphatic heterocycles. The Balaban J connectivity index is 0. The third kappa shape index (κ3) is 59.9. The van der Waals surface area contributed by atoms with Crippen LogP contribution in [0.1, 0.15) is 12.8 Å². The summed E-state index contributed by atoms with van der Waals surface area (Å²) in [7, 11) is 20.2. The number of hydrogen-bond acceptors (Lipinski definition) is 1. The van der Waals surface area contributed by atoms with Crippen molar-refractivity contribution in [1.29, 1.82) is 0 Å². The maximum Gasteiger partial charge on any atom is 0.0346 e. The first kappa shape index (κ1) is 20.3. The van der Waals surface area contributed by atoms with Crippen molar-refractivity contribution in [2.45, 2.75) is 12.8 Å². The summed E-state index contributed by atoms with van der Waals surface area (Å²) in [6.45, 7) is 2.00. The van der Waals surface area contributed by atoms with Crippen LogP contribution >= 0.6 is 75.6 Å². The summed E-state index contributed by atoms with van der Waals surface area (Å²) < 4.78 is 4.94. The Labute approximate surface area is 123 Å². The number of nitrogens with zero attached hydrogens (tertiary/aromatic N) is 1. The zero-order chi connectivity index (χ0) is 12.5. The number of halogens is 7. The van der Waals surface area contributed by atoms with Crippen LogP contribution in [-0.4, -0.2) is 13.2 Å². The summed E-state index contributed by atoms with van der Waals surface area (Å²) >= 11 is 10.8. The second-order valence-corrected chi connectivity index (χ2v) is 36.8. The van der Waals surface area contributed by atoms with Crippen LogP contribution in [0.2, 0.25) is 0 Å². The van der Waals surface area contributed by atoms with E-state index in [0.717, 1.165) is 13.2 Å². The molecule has 1 heterocycles. The van der Waals surface area contributed by atoms with Crippen LogP contribution in [0.3, 0.4) is 0 Å². The van der Waals surface area contributed by atoms with E-state index in [2.05, 4.69) is 0 Å². The van der Waals surface area contributed by atoms with Crippen LogP contribution in [0, 0.1) is 0 Å². The molecule has 11 heteroatoms. The first-order valence-electron chi connectivity index (χ1n) is 3.46. The monoisotopic (exact) mass is 543 g/mol. The van der Waals surface area contributed by atoms with E-state index in [4.69, 9.17) is 80.4 Å². The maximum atomic E-state index is 7.93. The van der Waals surface area contributed by atoms with Gasteiger partial charge in [-0.1, -0.05) is 33.7 Å². The van der Waals surface area contributed by atoms with Gasteiger partial charge in [-0.3, -0.25) is 0 Å². The van der Waals surface area contributed by atoms with Crippen molar-refractivity contribution in [2.75, 3.05) is 13.2 Å². The van der Waals surface area contributed by atoms with Crippen molar-refractivity contribution >= 4 is 75.6 Å². The predicted molar refractivity (Wildman–Crippen MR) is 71.3 cm³/mol. The molecular formula is C4H8Cl7NOPTa-. The average Bonchev–Trinajstić information content (AvgIpc) is 2.28. The van der Waals surface area contributed by atoms with Gasteiger partial charge in [0, 0.05) is 18.3 Å². The zero-order valence-electron chi connectivity index (χ0n) is 7.22. The molecule has 0 atom stereocenters. The van der Waals surface area contributed by atoms with Gasteiger partial charge >= 0.3 is 49.6 Å². The third-order valence-electron chi connectivity index (χ3n) is 0.827. The molecule has 0 N–H and O–H groups in total. The van der Waals surface area contributed by atoms with E-state index in [9.17, 15) is 0 Å². The first-order valence-corrected chi connectivity index (χ1v) is 23.8. The van der Waals surface area contributed by atoms with Crippen LogP contribution < -0.4 is 0 Å². The number of rotatable bonds is 0. The zero-order valence-corrected chi connectivity index (χ0v) is 16.6. The minimum atomic E-state index is -3.33. The Kier molecular flexibility index (Phi) is 14.7. The number of hydrogen-bond donors (Lipinski definition) is 0. The fourth-order valence-corrected chi connectivity index (χ4v) is 0.510. The minimum Gasteiger partial charge on any atom is -0.770 e. The SMILES string of the molecule is C1CCOC1.[Cl][Ta]([Cl])([Cl])[Cl].[N-]=P(Cl)(Cl)Cl. The summed E-state index contributed by atoms with van der Waals surface area (Å²) in [5, 5.41) is 4.96. The van der Waals surface area contributed by atoms with Crippen molar-refractivity contribution in [2.24, 2.45) is 0 Å². The summed E-state index contributed by atoms with van der Waals surface area (Å²) in [5.74, 6) is 0. The molecule has 0 aromatic rings. The van der Waals surface area contributed by atoms with Crippen molar-refractivity contribution < 1.29 is 17.5 Å². The first-order chi connectivity index (χ1) is 6.50. The smallest absolute Gasteiger partial charge is 0.0346 e. The molecule has 0 amide bonds. The van der Waals surface area contributed by atoms with Crippen molar-refractivity contribution in [3.05, 3.63) is 5.16 Å². The molecule has 1 rings (SSSR count). The maximum absolute atomic E-state index is 7.93. The molecule has 0 radical (unpaired) electrons. The molecule has 0 saturated carbocycles. The van der Waals surface area contributed by atoms with E-state index in [1.807, 2.05) is 0 Å². The largest absolute Gasteiger partial charge is 0.770 e. The normalized spacial score (nSPS) is 15.9. The summed E-state index contributed by atoms with van der Waals surface area (Å²) in [5.41, 5.74) is 0. The van der Waals surface area contributed by atoms with Gasteiger partial charge in [0.25, 0.3) is 0 Å². The van der Waals surface area contributed by atoms with Gasteiger partial charge in [0.1, 0.15) is 0 Å². The predicted octanol–water partition coefficient (Wildman–Crippen LogP) is 6.77. The Morgan fingerprint density at radius 2 is 1.13 bits per heavy atom. The average molecular weight is 546 g/mol. The van der Waals surface area contributed by atoms with Crippen molar-refractivity contribution in [1.82, 2.24) is 0 Å². The van der Waals surface area contributed by atoms with Gasteiger partial charge in [0.2, 0.25) is 0 Å². The molecule has 1 fully saturated rings. The van der Waals surface area contributed by atoms with Crippen molar-refractivity contribution in [3.8, 4) is 0 Å². The number of ether oxygens (including phenoxy) is 1. The summed E-state index contributed by atoms with van der Waals surface area (Å²) in [4.78, 5) is 0. The van der Waals surface area contributed by atoms with Gasteiger partial charge in [-0.05, 0) is 12.8 Å². The van der Waals surface area contributed by atoms with E-state index < -0.39 is 17.9 Å². The van der Waals surface area contributed by atoms with Crippen LogP contribution in [0.5, 0.6) is 0 Å². The Morgan fingerprint density at radius 1 is 0.933 bits per heavy atom. The molecule has 15 heavy (non-hydrogen) atoms. The van der Waals surface area contributed by atoms with Gasteiger partial charge in [-0.15, -0.1) is 0 Å². The third-order valence-corrected chi connectivity index (χ3v) is 0.827. The van der Waals surface area contributed by atoms with Crippen molar-refractivity contribution in [3.63, 3.8) is 0 Å². The molecule has 1 saturated heterocycles.